The lowest BCUT2D eigenvalue weighted by molar-refractivity contribution is -0.143. The largest absolute Gasteiger partial charge is 0.391 e. The van der Waals surface area contributed by atoms with Crippen molar-refractivity contribution in [1.82, 2.24) is 4.90 Å². The van der Waals surface area contributed by atoms with E-state index in [2.05, 4.69) is 6.07 Å². The molecular weight excluding hydrogens is 228 g/mol. The van der Waals surface area contributed by atoms with E-state index in [0.29, 0.717) is 25.9 Å². The van der Waals surface area contributed by atoms with Crippen molar-refractivity contribution in [3.8, 4) is 6.07 Å². The number of piperidine rings is 1. The average molecular weight is 252 g/mol. The third-order valence-electron chi connectivity index (χ3n) is 3.66. The van der Waals surface area contributed by atoms with Gasteiger partial charge in [-0.25, -0.2) is 0 Å². The Hall–Kier alpha value is -1.08. The Kier molecular flexibility index (Phi) is 5.61. The lowest BCUT2D eigenvalue weighted by atomic mass is 9.79. The van der Waals surface area contributed by atoms with Crippen molar-refractivity contribution in [1.29, 1.82) is 5.26 Å². The minimum atomic E-state index is -0.874. The molecule has 1 aliphatic rings. The topological polar surface area (TPSA) is 64.3 Å². The molecule has 1 heterocycles. The Morgan fingerprint density at radius 3 is 2.50 bits per heavy atom. The van der Waals surface area contributed by atoms with E-state index in [-0.39, 0.29) is 5.91 Å². The summed E-state index contributed by atoms with van der Waals surface area (Å²) in [5.41, 5.74) is -0.874. The number of nitriles is 1. The highest BCUT2D eigenvalue weighted by Crippen LogP contribution is 2.32. The molecule has 0 aromatic heterocycles. The van der Waals surface area contributed by atoms with Gasteiger partial charge < -0.3 is 10.0 Å². The number of nitrogens with zero attached hydrogens (tertiary/aromatic N) is 2. The maximum atomic E-state index is 12.6. The molecule has 1 aliphatic heterocycles. The van der Waals surface area contributed by atoms with Crippen LogP contribution in [0.5, 0.6) is 0 Å². The van der Waals surface area contributed by atoms with Gasteiger partial charge in [0.05, 0.1) is 12.2 Å². The Morgan fingerprint density at radius 1 is 1.44 bits per heavy atom. The zero-order valence-corrected chi connectivity index (χ0v) is 11.5. The van der Waals surface area contributed by atoms with E-state index in [1.165, 1.54) is 0 Å². The molecule has 0 spiro atoms. The fraction of sp³-hybridized carbons (Fsp3) is 0.857. The van der Waals surface area contributed by atoms with Crippen LogP contribution in [0.15, 0.2) is 0 Å². The number of carbonyl (C=O) groups excluding carboxylic acids is 1. The molecule has 0 aromatic rings. The van der Waals surface area contributed by atoms with Gasteiger partial charge in [-0.15, -0.1) is 0 Å². The predicted molar refractivity (Wildman–Crippen MR) is 69.7 cm³/mol. The van der Waals surface area contributed by atoms with Crippen molar-refractivity contribution in [2.75, 3.05) is 13.1 Å². The monoisotopic (exact) mass is 252 g/mol. The standard InChI is InChI=1S/C14H24N2O2/c1-3-7-14(11-15,8-4-2)13(18)16-9-5-6-12(17)10-16/h12,17H,3-10H2,1-2H3/t12-/m0/s1. The molecule has 18 heavy (non-hydrogen) atoms. The minimum absolute atomic E-state index is 0.0764. The highest BCUT2D eigenvalue weighted by atomic mass is 16.3. The number of amides is 1. The van der Waals surface area contributed by atoms with Crippen LogP contribution in [0.2, 0.25) is 0 Å². The lowest BCUT2D eigenvalue weighted by Gasteiger charge is -2.36. The van der Waals surface area contributed by atoms with Gasteiger partial charge in [0, 0.05) is 13.1 Å². The van der Waals surface area contributed by atoms with Crippen molar-refractivity contribution < 1.29 is 9.90 Å². The summed E-state index contributed by atoms with van der Waals surface area (Å²) in [5.74, 6) is -0.0764. The van der Waals surface area contributed by atoms with Gasteiger partial charge in [0.1, 0.15) is 5.41 Å². The quantitative estimate of drug-likeness (QED) is 0.814. The van der Waals surface area contributed by atoms with Gasteiger partial charge in [-0.2, -0.15) is 5.26 Å². The van der Waals surface area contributed by atoms with E-state index in [9.17, 15) is 15.2 Å². The molecule has 4 nitrogen and oxygen atoms in total. The van der Waals surface area contributed by atoms with Gasteiger partial charge in [-0.3, -0.25) is 4.79 Å². The summed E-state index contributed by atoms with van der Waals surface area (Å²) in [6.07, 6.45) is 4.04. The first-order chi connectivity index (χ1) is 8.59. The highest BCUT2D eigenvalue weighted by Gasteiger charge is 2.41. The summed E-state index contributed by atoms with van der Waals surface area (Å²) in [5, 5.41) is 19.1. The van der Waals surface area contributed by atoms with E-state index in [4.69, 9.17) is 0 Å². The van der Waals surface area contributed by atoms with Crippen molar-refractivity contribution in [2.45, 2.75) is 58.5 Å². The first kappa shape index (κ1) is 15.0. The minimum Gasteiger partial charge on any atom is -0.391 e. The maximum absolute atomic E-state index is 12.6. The molecular formula is C14H24N2O2. The smallest absolute Gasteiger partial charge is 0.243 e. The Labute approximate surface area is 110 Å². The van der Waals surface area contributed by atoms with Crippen molar-refractivity contribution in [3.63, 3.8) is 0 Å². The molecule has 1 rings (SSSR count). The molecule has 0 unspecified atom stereocenters. The van der Waals surface area contributed by atoms with Crippen LogP contribution in [-0.2, 0) is 4.79 Å². The molecule has 1 N–H and O–H groups in total. The molecule has 0 bridgehead atoms. The van der Waals surface area contributed by atoms with E-state index in [1.54, 1.807) is 4.90 Å². The first-order valence-corrected chi connectivity index (χ1v) is 6.98. The van der Waals surface area contributed by atoms with Crippen LogP contribution in [0.25, 0.3) is 0 Å². The number of likely N-dealkylation sites (tertiary alicyclic amines) is 1. The SMILES string of the molecule is CCCC(C#N)(CCC)C(=O)N1CCC[C@H](O)C1. The van der Waals surface area contributed by atoms with Crippen molar-refractivity contribution in [3.05, 3.63) is 0 Å². The summed E-state index contributed by atoms with van der Waals surface area (Å²) in [6, 6.07) is 2.26. The second kappa shape index (κ2) is 6.75. The van der Waals surface area contributed by atoms with Gasteiger partial charge in [-0.05, 0) is 25.7 Å². The summed E-state index contributed by atoms with van der Waals surface area (Å²) >= 11 is 0. The Morgan fingerprint density at radius 2 is 2.06 bits per heavy atom. The molecule has 1 amide bonds. The van der Waals surface area contributed by atoms with Gasteiger partial charge in [0.15, 0.2) is 0 Å². The summed E-state index contributed by atoms with van der Waals surface area (Å²) in [6.45, 7) is 5.06. The fourth-order valence-corrected chi connectivity index (χ4v) is 2.79. The van der Waals surface area contributed by atoms with Crippen LogP contribution in [0, 0.1) is 16.7 Å². The number of aliphatic hydroxyl groups is 1. The Bertz CT molecular complexity index is 316. The normalized spacial score (nSPS) is 20.6. The van der Waals surface area contributed by atoms with Gasteiger partial charge in [0.25, 0.3) is 0 Å². The molecule has 1 atom stereocenters. The highest BCUT2D eigenvalue weighted by molar-refractivity contribution is 5.85. The Balaban J connectivity index is 2.84. The van der Waals surface area contributed by atoms with Crippen LogP contribution in [0.4, 0.5) is 0 Å². The second-order valence-corrected chi connectivity index (χ2v) is 5.24. The van der Waals surface area contributed by atoms with Crippen LogP contribution in [0.3, 0.4) is 0 Å². The zero-order chi connectivity index (χ0) is 13.6. The van der Waals surface area contributed by atoms with Crippen molar-refractivity contribution >= 4 is 5.91 Å². The van der Waals surface area contributed by atoms with E-state index in [1.807, 2.05) is 13.8 Å². The molecule has 0 aliphatic carbocycles. The molecule has 0 aromatic carbocycles. The second-order valence-electron chi connectivity index (χ2n) is 5.24. The summed E-state index contributed by atoms with van der Waals surface area (Å²) < 4.78 is 0. The van der Waals surface area contributed by atoms with Crippen molar-refractivity contribution in [2.24, 2.45) is 5.41 Å². The molecule has 0 radical (unpaired) electrons. The molecule has 4 heteroatoms. The number of aliphatic hydroxyl groups excluding tert-OH is 1. The molecule has 1 fully saturated rings. The van der Waals surface area contributed by atoms with Crippen LogP contribution in [-0.4, -0.2) is 35.1 Å². The van der Waals surface area contributed by atoms with Crippen LogP contribution < -0.4 is 0 Å². The van der Waals surface area contributed by atoms with Crippen LogP contribution >= 0.6 is 0 Å². The van der Waals surface area contributed by atoms with Crippen LogP contribution in [0.1, 0.15) is 52.4 Å². The predicted octanol–water partition coefficient (Wildman–Crippen LogP) is 2.08. The maximum Gasteiger partial charge on any atom is 0.243 e. The third kappa shape index (κ3) is 3.23. The van der Waals surface area contributed by atoms with Gasteiger partial charge in [0.2, 0.25) is 5.91 Å². The summed E-state index contributed by atoms with van der Waals surface area (Å²) in [7, 11) is 0. The lowest BCUT2D eigenvalue weighted by Crippen LogP contribution is -2.49. The molecule has 0 saturated carbocycles. The molecule has 102 valence electrons. The average Bonchev–Trinajstić information content (AvgIpc) is 2.37. The zero-order valence-electron chi connectivity index (χ0n) is 11.5. The first-order valence-electron chi connectivity index (χ1n) is 6.98. The number of rotatable bonds is 5. The molecule has 1 saturated heterocycles. The number of β-amino-alcohol motifs (C(OH)–C–C–N with tert-alkyl or cyclic N) is 1. The van der Waals surface area contributed by atoms with Gasteiger partial charge in [-0.1, -0.05) is 26.7 Å². The summed E-state index contributed by atoms with van der Waals surface area (Å²) in [4.78, 5) is 14.3. The number of hydrogen-bond acceptors (Lipinski definition) is 3. The van der Waals surface area contributed by atoms with Gasteiger partial charge >= 0.3 is 0 Å². The number of hydrogen-bond donors (Lipinski definition) is 1. The van der Waals surface area contributed by atoms with E-state index < -0.39 is 11.5 Å². The number of carbonyl (C=O) groups is 1. The third-order valence-corrected chi connectivity index (χ3v) is 3.66. The fourth-order valence-electron chi connectivity index (χ4n) is 2.79. The van der Waals surface area contributed by atoms with E-state index in [0.717, 1.165) is 25.7 Å². The van der Waals surface area contributed by atoms with E-state index >= 15 is 0 Å².